The summed E-state index contributed by atoms with van der Waals surface area (Å²) in [7, 11) is 0. The van der Waals surface area contributed by atoms with Crippen molar-refractivity contribution in [1.29, 1.82) is 0 Å². The summed E-state index contributed by atoms with van der Waals surface area (Å²) in [6.07, 6.45) is 5.16. The zero-order valence-electron chi connectivity index (χ0n) is 18.4. The number of carbonyl (C=O) groups excluding carboxylic acids is 1. The molecule has 2 amide bonds. The van der Waals surface area contributed by atoms with Gasteiger partial charge in [0, 0.05) is 35.9 Å². The average Bonchev–Trinajstić information content (AvgIpc) is 3.42. The van der Waals surface area contributed by atoms with Gasteiger partial charge in [-0.2, -0.15) is 0 Å². The van der Waals surface area contributed by atoms with Gasteiger partial charge in [0.2, 0.25) is 0 Å². The lowest BCUT2D eigenvalue weighted by molar-refractivity contribution is 0.248. The largest absolute Gasteiger partial charge is 0.492 e. The molecule has 2 aromatic heterocycles. The Hall–Kier alpha value is -2.77. The summed E-state index contributed by atoms with van der Waals surface area (Å²) in [5.74, 6) is 0.674. The van der Waals surface area contributed by atoms with Crippen LogP contribution in [0.4, 0.5) is 10.5 Å². The number of hydrogen-bond acceptors (Lipinski definition) is 4. The number of benzene rings is 1. The van der Waals surface area contributed by atoms with Crippen LogP contribution in [0.25, 0.3) is 5.00 Å². The van der Waals surface area contributed by atoms with Crippen LogP contribution in [0.1, 0.15) is 42.8 Å². The van der Waals surface area contributed by atoms with E-state index < -0.39 is 0 Å². The van der Waals surface area contributed by atoms with E-state index in [0.29, 0.717) is 18.0 Å². The number of amides is 2. The predicted molar refractivity (Wildman–Crippen MR) is 126 cm³/mol. The third kappa shape index (κ3) is 4.62. The topological polar surface area (TPSA) is 58.5 Å². The van der Waals surface area contributed by atoms with E-state index in [1.165, 1.54) is 21.0 Å². The van der Waals surface area contributed by atoms with Gasteiger partial charge in [-0.25, -0.2) is 4.79 Å². The van der Waals surface area contributed by atoms with Crippen LogP contribution in [0.3, 0.4) is 0 Å². The molecule has 1 atom stereocenters. The number of carbonyl (C=O) groups is 1. The van der Waals surface area contributed by atoms with Gasteiger partial charge >= 0.3 is 6.03 Å². The molecule has 1 aliphatic heterocycles. The first kappa shape index (κ1) is 21.5. The Labute approximate surface area is 187 Å². The Bertz CT molecular complexity index is 1030. The van der Waals surface area contributed by atoms with Crippen LogP contribution in [0.2, 0.25) is 0 Å². The van der Waals surface area contributed by atoms with E-state index in [2.05, 4.69) is 46.3 Å². The van der Waals surface area contributed by atoms with E-state index in [-0.39, 0.29) is 12.1 Å². The Morgan fingerprint density at radius 2 is 1.97 bits per heavy atom. The van der Waals surface area contributed by atoms with Crippen molar-refractivity contribution in [2.24, 2.45) is 0 Å². The van der Waals surface area contributed by atoms with E-state index in [4.69, 9.17) is 4.74 Å². The highest BCUT2D eigenvalue weighted by Gasteiger charge is 2.28. The van der Waals surface area contributed by atoms with Crippen molar-refractivity contribution in [3.63, 3.8) is 0 Å². The van der Waals surface area contributed by atoms with Crippen molar-refractivity contribution >= 4 is 23.1 Å². The highest BCUT2D eigenvalue weighted by molar-refractivity contribution is 7.15. The second kappa shape index (κ2) is 9.58. The smallest absolute Gasteiger partial charge is 0.319 e. The van der Waals surface area contributed by atoms with Gasteiger partial charge in [0.15, 0.2) is 0 Å². The van der Waals surface area contributed by atoms with Gasteiger partial charge in [-0.3, -0.25) is 4.90 Å². The molecular weight excluding hydrogens is 408 g/mol. The number of para-hydroxylation sites is 2. The summed E-state index contributed by atoms with van der Waals surface area (Å²) in [5, 5.41) is 7.29. The summed E-state index contributed by atoms with van der Waals surface area (Å²) < 4.78 is 7.79. The molecule has 6 nitrogen and oxygen atoms in total. The Morgan fingerprint density at radius 3 is 2.71 bits per heavy atom. The molecule has 0 bridgehead atoms. The molecule has 0 spiro atoms. The van der Waals surface area contributed by atoms with Crippen LogP contribution < -0.4 is 15.4 Å². The molecule has 0 radical (unpaired) electrons. The molecule has 2 N–H and O–H groups in total. The number of fused-ring (bicyclic) bond motifs is 1. The van der Waals surface area contributed by atoms with Gasteiger partial charge in [-0.05, 0) is 56.6 Å². The van der Waals surface area contributed by atoms with E-state index in [1.807, 2.05) is 54.7 Å². The number of thiophene rings is 1. The third-order valence-corrected chi connectivity index (χ3v) is 6.91. The van der Waals surface area contributed by atoms with Gasteiger partial charge in [0.1, 0.15) is 10.8 Å². The standard InChI is InChI=1S/C24H30N4O2S/c1-4-27-15-12-18-21(16-27)31-23(28-13-8-9-14-28)22(18)17(3)25-24(29)26-19-10-6-7-11-20(19)30-5-2/h6-11,13-14,17H,4-5,12,15-16H2,1-3H3,(H2,25,26,29). The maximum Gasteiger partial charge on any atom is 0.319 e. The number of urea groups is 1. The maximum atomic E-state index is 12.8. The SMILES string of the molecule is CCOc1ccccc1NC(=O)NC(C)c1c(-n2cccc2)sc2c1CCN(CC)C2. The van der Waals surface area contributed by atoms with Crippen LogP contribution in [-0.4, -0.2) is 35.2 Å². The number of likely N-dealkylation sites (N-methyl/N-ethyl adjacent to an activating group) is 1. The molecule has 4 rings (SSSR count). The molecule has 3 heterocycles. The minimum atomic E-state index is -0.232. The van der Waals surface area contributed by atoms with E-state index >= 15 is 0 Å². The first-order valence-corrected chi connectivity index (χ1v) is 11.7. The third-order valence-electron chi connectivity index (χ3n) is 5.66. The monoisotopic (exact) mass is 438 g/mol. The van der Waals surface area contributed by atoms with Crippen molar-refractivity contribution in [2.45, 2.75) is 39.8 Å². The van der Waals surface area contributed by atoms with Crippen LogP contribution >= 0.6 is 11.3 Å². The fraction of sp³-hybridized carbons (Fsp3) is 0.375. The number of aromatic nitrogens is 1. The highest BCUT2D eigenvalue weighted by Crippen LogP contribution is 2.39. The average molecular weight is 439 g/mol. The molecule has 3 aromatic rings. The van der Waals surface area contributed by atoms with E-state index in [9.17, 15) is 4.79 Å². The maximum absolute atomic E-state index is 12.8. The van der Waals surface area contributed by atoms with Crippen molar-refractivity contribution < 1.29 is 9.53 Å². The Balaban J connectivity index is 1.58. The van der Waals surface area contributed by atoms with Gasteiger partial charge < -0.3 is 19.9 Å². The second-order valence-corrected chi connectivity index (χ2v) is 8.76. The van der Waals surface area contributed by atoms with E-state index in [1.54, 1.807) is 0 Å². The van der Waals surface area contributed by atoms with Gasteiger partial charge in [-0.1, -0.05) is 19.1 Å². The molecule has 1 aliphatic rings. The molecule has 31 heavy (non-hydrogen) atoms. The molecule has 7 heteroatoms. The summed E-state index contributed by atoms with van der Waals surface area (Å²) in [6, 6.07) is 11.2. The second-order valence-electron chi connectivity index (χ2n) is 7.68. The molecule has 0 saturated heterocycles. The van der Waals surface area contributed by atoms with Crippen LogP contribution in [0.5, 0.6) is 5.75 Å². The predicted octanol–water partition coefficient (Wildman–Crippen LogP) is 5.20. The zero-order valence-corrected chi connectivity index (χ0v) is 19.2. The minimum absolute atomic E-state index is 0.121. The first-order chi connectivity index (χ1) is 15.1. The molecule has 0 fully saturated rings. The van der Waals surface area contributed by atoms with Gasteiger partial charge in [-0.15, -0.1) is 11.3 Å². The van der Waals surface area contributed by atoms with Crippen molar-refractivity contribution in [2.75, 3.05) is 25.0 Å². The number of nitrogens with zero attached hydrogens (tertiary/aromatic N) is 2. The van der Waals surface area contributed by atoms with Crippen molar-refractivity contribution in [3.05, 3.63) is 64.8 Å². The lowest BCUT2D eigenvalue weighted by Crippen LogP contribution is -2.33. The van der Waals surface area contributed by atoms with Crippen molar-refractivity contribution in [3.8, 4) is 10.8 Å². The Morgan fingerprint density at radius 1 is 1.19 bits per heavy atom. The Kier molecular flexibility index (Phi) is 6.63. The molecule has 0 aliphatic carbocycles. The molecule has 164 valence electrons. The van der Waals surface area contributed by atoms with Crippen LogP contribution in [0, 0.1) is 0 Å². The van der Waals surface area contributed by atoms with Gasteiger partial charge in [0.05, 0.1) is 18.3 Å². The number of ether oxygens (including phenoxy) is 1. The van der Waals surface area contributed by atoms with Crippen LogP contribution in [-0.2, 0) is 13.0 Å². The molecule has 1 aromatic carbocycles. The summed E-state index contributed by atoms with van der Waals surface area (Å²) in [6.45, 7) is 9.84. The number of hydrogen-bond donors (Lipinski definition) is 2. The number of anilines is 1. The number of nitrogens with one attached hydrogen (secondary N) is 2. The zero-order chi connectivity index (χ0) is 21.8. The first-order valence-electron chi connectivity index (χ1n) is 10.9. The lowest BCUT2D eigenvalue weighted by atomic mass is 9.98. The fourth-order valence-corrected chi connectivity index (χ4v) is 5.58. The molecular formula is C24H30N4O2S. The minimum Gasteiger partial charge on any atom is -0.492 e. The lowest BCUT2D eigenvalue weighted by Gasteiger charge is -2.26. The van der Waals surface area contributed by atoms with Gasteiger partial charge in [0.25, 0.3) is 0 Å². The van der Waals surface area contributed by atoms with E-state index in [0.717, 1.165) is 26.1 Å². The summed E-state index contributed by atoms with van der Waals surface area (Å²) in [4.78, 5) is 16.7. The highest BCUT2D eigenvalue weighted by atomic mass is 32.1. The molecule has 1 unspecified atom stereocenters. The quantitative estimate of drug-likeness (QED) is 0.533. The molecule has 0 saturated carbocycles. The fourth-order valence-electron chi connectivity index (χ4n) is 4.12. The normalized spacial score (nSPS) is 14.7. The summed E-state index contributed by atoms with van der Waals surface area (Å²) >= 11 is 1.84. The van der Waals surface area contributed by atoms with Crippen molar-refractivity contribution in [1.82, 2.24) is 14.8 Å². The van der Waals surface area contributed by atoms with Crippen LogP contribution in [0.15, 0.2) is 48.8 Å². The summed E-state index contributed by atoms with van der Waals surface area (Å²) in [5.41, 5.74) is 3.28. The number of rotatable bonds is 7.